The third kappa shape index (κ3) is 2.68. The van der Waals surface area contributed by atoms with E-state index in [0.29, 0.717) is 25.2 Å². The molecule has 0 bridgehead atoms. The van der Waals surface area contributed by atoms with Crippen molar-refractivity contribution >= 4 is 11.7 Å². The van der Waals surface area contributed by atoms with Crippen molar-refractivity contribution in [2.24, 2.45) is 5.92 Å². The quantitative estimate of drug-likeness (QED) is 0.744. The minimum absolute atomic E-state index is 0.115. The third-order valence-electron chi connectivity index (χ3n) is 3.96. The Morgan fingerprint density at radius 2 is 2.24 bits per heavy atom. The van der Waals surface area contributed by atoms with Crippen molar-refractivity contribution in [1.82, 2.24) is 4.90 Å². The van der Waals surface area contributed by atoms with Gasteiger partial charge in [0, 0.05) is 32.0 Å². The van der Waals surface area contributed by atoms with E-state index < -0.39 is 0 Å². The lowest BCUT2D eigenvalue weighted by molar-refractivity contribution is -0.135. The number of hydrogen-bond acceptors (Lipinski definition) is 3. The summed E-state index contributed by atoms with van der Waals surface area (Å²) in [5.74, 6) is 0.625. The number of ketones is 1. The average molecular weight is 239 g/mol. The summed E-state index contributed by atoms with van der Waals surface area (Å²) < 4.78 is 4.94. The van der Waals surface area contributed by atoms with Crippen LogP contribution in [0.15, 0.2) is 0 Å². The minimum Gasteiger partial charge on any atom is -0.384 e. The van der Waals surface area contributed by atoms with Crippen LogP contribution in [-0.4, -0.2) is 42.9 Å². The Morgan fingerprint density at radius 1 is 1.41 bits per heavy atom. The van der Waals surface area contributed by atoms with Crippen LogP contribution >= 0.6 is 0 Å². The summed E-state index contributed by atoms with van der Waals surface area (Å²) in [6.45, 7) is 1.29. The SMILES string of the molecule is COCCC(=O)N1CCCC1C1CCCC1=O. The number of carbonyl (C=O) groups is 2. The molecule has 4 heteroatoms. The van der Waals surface area contributed by atoms with Gasteiger partial charge in [-0.15, -0.1) is 0 Å². The molecule has 1 saturated heterocycles. The fraction of sp³-hybridized carbons (Fsp3) is 0.846. The number of ether oxygens (including phenoxy) is 1. The zero-order valence-electron chi connectivity index (χ0n) is 10.5. The van der Waals surface area contributed by atoms with Crippen LogP contribution in [0.3, 0.4) is 0 Å². The molecule has 0 aromatic rings. The van der Waals surface area contributed by atoms with Gasteiger partial charge in [-0.3, -0.25) is 9.59 Å². The molecule has 2 unspecified atom stereocenters. The van der Waals surface area contributed by atoms with E-state index in [-0.39, 0.29) is 17.9 Å². The summed E-state index contributed by atoms with van der Waals surface area (Å²) in [4.78, 5) is 25.7. The Balaban J connectivity index is 1.96. The van der Waals surface area contributed by atoms with Crippen molar-refractivity contribution in [2.75, 3.05) is 20.3 Å². The highest BCUT2D eigenvalue weighted by Gasteiger charge is 2.39. The van der Waals surface area contributed by atoms with Crippen LogP contribution in [0.25, 0.3) is 0 Å². The van der Waals surface area contributed by atoms with Crippen molar-refractivity contribution in [3.05, 3.63) is 0 Å². The third-order valence-corrected chi connectivity index (χ3v) is 3.96. The lowest BCUT2D eigenvalue weighted by Gasteiger charge is -2.28. The zero-order chi connectivity index (χ0) is 12.3. The normalized spacial score (nSPS) is 29.0. The number of carbonyl (C=O) groups excluding carboxylic acids is 2. The number of likely N-dealkylation sites (tertiary alicyclic amines) is 1. The molecule has 2 aliphatic rings. The molecule has 1 aliphatic carbocycles. The molecule has 96 valence electrons. The number of Topliss-reactive ketones (excluding diaryl/α,β-unsaturated/α-hetero) is 1. The lowest BCUT2D eigenvalue weighted by atomic mass is 9.95. The maximum Gasteiger partial charge on any atom is 0.225 e. The van der Waals surface area contributed by atoms with Gasteiger partial charge in [-0.2, -0.15) is 0 Å². The Labute approximate surface area is 102 Å². The van der Waals surface area contributed by atoms with E-state index in [1.807, 2.05) is 4.90 Å². The van der Waals surface area contributed by atoms with Crippen LogP contribution < -0.4 is 0 Å². The monoisotopic (exact) mass is 239 g/mol. The van der Waals surface area contributed by atoms with Crippen LogP contribution in [0, 0.1) is 5.92 Å². The van der Waals surface area contributed by atoms with Gasteiger partial charge in [0.25, 0.3) is 0 Å². The van der Waals surface area contributed by atoms with E-state index in [4.69, 9.17) is 4.74 Å². The molecule has 2 fully saturated rings. The van der Waals surface area contributed by atoms with Crippen LogP contribution in [0.5, 0.6) is 0 Å². The second kappa shape index (κ2) is 5.63. The molecule has 1 heterocycles. The Hall–Kier alpha value is -0.900. The molecule has 0 N–H and O–H groups in total. The second-order valence-electron chi connectivity index (χ2n) is 5.00. The second-order valence-corrected chi connectivity index (χ2v) is 5.00. The van der Waals surface area contributed by atoms with Crippen LogP contribution in [0.2, 0.25) is 0 Å². The molecule has 1 aliphatic heterocycles. The Morgan fingerprint density at radius 3 is 2.88 bits per heavy atom. The molecule has 17 heavy (non-hydrogen) atoms. The summed E-state index contributed by atoms with van der Waals surface area (Å²) in [7, 11) is 1.61. The molecule has 0 spiro atoms. The standard InChI is InChI=1S/C13H21NO3/c1-17-9-7-13(16)14-8-3-5-11(14)10-4-2-6-12(10)15/h10-11H,2-9H2,1H3. The first-order valence-electron chi connectivity index (χ1n) is 6.55. The van der Waals surface area contributed by atoms with Crippen molar-refractivity contribution in [3.63, 3.8) is 0 Å². The summed E-state index contributed by atoms with van der Waals surface area (Å²) >= 11 is 0. The summed E-state index contributed by atoms with van der Waals surface area (Å²) in [6.07, 6.45) is 5.15. The van der Waals surface area contributed by atoms with E-state index >= 15 is 0 Å². The van der Waals surface area contributed by atoms with E-state index in [1.54, 1.807) is 7.11 Å². The number of rotatable bonds is 4. The van der Waals surface area contributed by atoms with Gasteiger partial charge in [-0.25, -0.2) is 0 Å². The van der Waals surface area contributed by atoms with Gasteiger partial charge in [-0.1, -0.05) is 0 Å². The first kappa shape index (κ1) is 12.6. The molecule has 0 aromatic carbocycles. The lowest BCUT2D eigenvalue weighted by Crippen LogP contribution is -2.41. The fourth-order valence-electron chi connectivity index (χ4n) is 3.10. The van der Waals surface area contributed by atoms with E-state index in [9.17, 15) is 9.59 Å². The zero-order valence-corrected chi connectivity index (χ0v) is 10.5. The number of amides is 1. The van der Waals surface area contributed by atoms with Gasteiger partial charge in [-0.05, 0) is 25.7 Å². The highest BCUT2D eigenvalue weighted by molar-refractivity contribution is 5.85. The van der Waals surface area contributed by atoms with Gasteiger partial charge in [0.15, 0.2) is 0 Å². The Kier molecular flexibility index (Phi) is 4.15. The molecule has 0 aromatic heterocycles. The smallest absolute Gasteiger partial charge is 0.225 e. The predicted molar refractivity (Wildman–Crippen MR) is 63.6 cm³/mol. The fourth-order valence-corrected chi connectivity index (χ4v) is 3.10. The van der Waals surface area contributed by atoms with Crippen LogP contribution in [-0.2, 0) is 14.3 Å². The topological polar surface area (TPSA) is 46.6 Å². The van der Waals surface area contributed by atoms with Gasteiger partial charge < -0.3 is 9.64 Å². The Bertz CT molecular complexity index is 303. The number of nitrogens with zero attached hydrogens (tertiary/aromatic N) is 1. The van der Waals surface area contributed by atoms with Crippen molar-refractivity contribution < 1.29 is 14.3 Å². The van der Waals surface area contributed by atoms with Gasteiger partial charge >= 0.3 is 0 Å². The van der Waals surface area contributed by atoms with Gasteiger partial charge in [0.2, 0.25) is 5.91 Å². The van der Waals surface area contributed by atoms with E-state index in [2.05, 4.69) is 0 Å². The molecule has 2 rings (SSSR count). The summed E-state index contributed by atoms with van der Waals surface area (Å²) in [5, 5.41) is 0. The van der Waals surface area contributed by atoms with Gasteiger partial charge in [0.05, 0.1) is 13.0 Å². The van der Waals surface area contributed by atoms with Crippen molar-refractivity contribution in [1.29, 1.82) is 0 Å². The highest BCUT2D eigenvalue weighted by atomic mass is 16.5. The maximum absolute atomic E-state index is 12.0. The largest absolute Gasteiger partial charge is 0.384 e. The highest BCUT2D eigenvalue weighted by Crippen LogP contribution is 2.33. The number of hydrogen-bond donors (Lipinski definition) is 0. The summed E-state index contributed by atoms with van der Waals surface area (Å²) in [6, 6.07) is 0.175. The summed E-state index contributed by atoms with van der Waals surface area (Å²) in [5.41, 5.74) is 0. The first-order chi connectivity index (χ1) is 8.24. The molecule has 1 amide bonds. The minimum atomic E-state index is 0.115. The molecule has 4 nitrogen and oxygen atoms in total. The van der Waals surface area contributed by atoms with Gasteiger partial charge in [0.1, 0.15) is 5.78 Å². The molecule has 1 saturated carbocycles. The van der Waals surface area contributed by atoms with Crippen molar-refractivity contribution in [2.45, 2.75) is 44.6 Å². The molecular weight excluding hydrogens is 218 g/mol. The molecule has 0 radical (unpaired) electrons. The van der Waals surface area contributed by atoms with Crippen molar-refractivity contribution in [3.8, 4) is 0 Å². The average Bonchev–Trinajstić information content (AvgIpc) is 2.93. The predicted octanol–water partition coefficient (Wildman–Crippen LogP) is 1.38. The van der Waals surface area contributed by atoms with E-state index in [0.717, 1.165) is 32.2 Å². The first-order valence-corrected chi connectivity index (χ1v) is 6.55. The number of methoxy groups -OCH3 is 1. The molecule has 2 atom stereocenters. The van der Waals surface area contributed by atoms with Crippen LogP contribution in [0.4, 0.5) is 0 Å². The van der Waals surface area contributed by atoms with Crippen LogP contribution in [0.1, 0.15) is 38.5 Å². The van der Waals surface area contributed by atoms with E-state index in [1.165, 1.54) is 0 Å². The molecular formula is C13H21NO3. The maximum atomic E-state index is 12.0.